The van der Waals surface area contributed by atoms with E-state index in [0.29, 0.717) is 12.0 Å². The molecule has 0 aliphatic heterocycles. The molecule has 0 atom stereocenters. The molecule has 2 heteroatoms. The Morgan fingerprint density at radius 1 is 1.40 bits per heavy atom. The Labute approximate surface area is 90.3 Å². The second-order valence-corrected chi connectivity index (χ2v) is 3.77. The largest absolute Gasteiger partial charge is 0.507 e. The lowest BCUT2D eigenvalue weighted by molar-refractivity contribution is 0.0988. The fourth-order valence-electron chi connectivity index (χ4n) is 1.35. The molecular weight excluding hydrogens is 188 g/mol. The fraction of sp³-hybridized carbons (Fsp3) is 0.308. The Kier molecular flexibility index (Phi) is 3.67. The quantitative estimate of drug-likeness (QED) is 0.766. The number of allylic oxidation sites excluding steroid dienone is 1. The minimum absolute atomic E-state index is 0.0500. The lowest BCUT2D eigenvalue weighted by atomic mass is 10.0. The highest BCUT2D eigenvalue weighted by atomic mass is 16.3. The van der Waals surface area contributed by atoms with Crippen molar-refractivity contribution in [3.05, 3.63) is 34.9 Å². The topological polar surface area (TPSA) is 37.3 Å². The molecule has 15 heavy (non-hydrogen) atoms. The fourth-order valence-corrected chi connectivity index (χ4v) is 1.35. The van der Waals surface area contributed by atoms with Crippen LogP contribution in [0, 0.1) is 0 Å². The number of carbonyl (C=O) groups is 1. The molecule has 0 saturated heterocycles. The van der Waals surface area contributed by atoms with Gasteiger partial charge in [0.15, 0.2) is 5.78 Å². The van der Waals surface area contributed by atoms with Gasteiger partial charge in [0.2, 0.25) is 0 Å². The van der Waals surface area contributed by atoms with Crippen molar-refractivity contribution >= 4 is 11.9 Å². The van der Waals surface area contributed by atoms with Gasteiger partial charge >= 0.3 is 0 Å². The van der Waals surface area contributed by atoms with Gasteiger partial charge < -0.3 is 5.11 Å². The molecule has 1 rings (SSSR count). The van der Waals surface area contributed by atoms with Crippen molar-refractivity contribution in [2.24, 2.45) is 0 Å². The van der Waals surface area contributed by atoms with E-state index in [-0.39, 0.29) is 11.5 Å². The van der Waals surface area contributed by atoms with Crippen molar-refractivity contribution < 1.29 is 9.90 Å². The summed E-state index contributed by atoms with van der Waals surface area (Å²) in [7, 11) is 0. The van der Waals surface area contributed by atoms with Crippen LogP contribution >= 0.6 is 0 Å². The molecule has 1 aromatic carbocycles. The number of rotatable bonds is 3. The molecule has 0 aliphatic rings. The predicted molar refractivity (Wildman–Crippen MR) is 62.1 cm³/mol. The van der Waals surface area contributed by atoms with Crippen LogP contribution in [0.3, 0.4) is 0 Å². The van der Waals surface area contributed by atoms with Crippen LogP contribution in [-0.4, -0.2) is 10.9 Å². The van der Waals surface area contributed by atoms with Gasteiger partial charge in [-0.3, -0.25) is 4.79 Å². The summed E-state index contributed by atoms with van der Waals surface area (Å²) in [6, 6.07) is 5.05. The maximum Gasteiger partial charge on any atom is 0.162 e. The summed E-state index contributed by atoms with van der Waals surface area (Å²) in [5.74, 6) is 0.213. The van der Waals surface area contributed by atoms with Crippen LogP contribution < -0.4 is 0 Å². The second-order valence-electron chi connectivity index (χ2n) is 3.77. The molecule has 0 bridgehead atoms. The van der Waals surface area contributed by atoms with Gasteiger partial charge in [-0.15, -0.1) is 0 Å². The van der Waals surface area contributed by atoms with E-state index in [2.05, 4.69) is 0 Å². The lowest BCUT2D eigenvalue weighted by Gasteiger charge is -2.03. The number of Topliss-reactive ketones (excluding diaryl/α,β-unsaturated/α-hetero) is 1. The molecule has 2 nitrogen and oxygen atoms in total. The van der Waals surface area contributed by atoms with Crippen LogP contribution in [0.5, 0.6) is 5.75 Å². The van der Waals surface area contributed by atoms with Crippen LogP contribution in [0.1, 0.15) is 43.1 Å². The standard InChI is InChI=1S/C13H16O2/c1-4-12(14)11-6-5-10(7-9(2)3)13(15)8-11/h5-8,15H,4H2,1-3H3. The number of phenols is 1. The van der Waals surface area contributed by atoms with Crippen molar-refractivity contribution in [3.8, 4) is 5.75 Å². The van der Waals surface area contributed by atoms with Gasteiger partial charge in [-0.25, -0.2) is 0 Å². The van der Waals surface area contributed by atoms with Gasteiger partial charge in [0.25, 0.3) is 0 Å². The molecule has 0 unspecified atom stereocenters. The van der Waals surface area contributed by atoms with E-state index in [1.165, 1.54) is 6.07 Å². The SMILES string of the molecule is CCC(=O)c1ccc(C=C(C)C)c(O)c1. The molecule has 0 aromatic heterocycles. The number of hydrogen-bond acceptors (Lipinski definition) is 2. The van der Waals surface area contributed by atoms with Gasteiger partial charge in [-0.1, -0.05) is 30.7 Å². The number of ketones is 1. The first kappa shape index (κ1) is 11.5. The maximum absolute atomic E-state index is 11.4. The smallest absolute Gasteiger partial charge is 0.162 e. The summed E-state index contributed by atoms with van der Waals surface area (Å²) in [6.45, 7) is 5.73. The summed E-state index contributed by atoms with van der Waals surface area (Å²) < 4.78 is 0. The summed E-state index contributed by atoms with van der Waals surface area (Å²) in [5.41, 5.74) is 2.43. The highest BCUT2D eigenvalue weighted by Crippen LogP contribution is 2.22. The third-order valence-electron chi connectivity index (χ3n) is 2.12. The van der Waals surface area contributed by atoms with Crippen molar-refractivity contribution in [1.82, 2.24) is 0 Å². The van der Waals surface area contributed by atoms with Crippen LogP contribution in [0.25, 0.3) is 6.08 Å². The molecule has 0 radical (unpaired) electrons. The molecular formula is C13H16O2. The normalized spacial score (nSPS) is 9.80. The van der Waals surface area contributed by atoms with E-state index in [4.69, 9.17) is 0 Å². The maximum atomic E-state index is 11.4. The zero-order valence-corrected chi connectivity index (χ0v) is 9.37. The Hall–Kier alpha value is -1.57. The molecule has 0 heterocycles. The van der Waals surface area contributed by atoms with Crippen LogP contribution in [0.2, 0.25) is 0 Å². The first-order valence-electron chi connectivity index (χ1n) is 5.05. The number of benzene rings is 1. The molecule has 1 aromatic rings. The molecule has 0 spiro atoms. The molecule has 0 amide bonds. The molecule has 0 aliphatic carbocycles. The van der Waals surface area contributed by atoms with Crippen LogP contribution in [0.4, 0.5) is 0 Å². The minimum atomic E-state index is 0.0500. The Morgan fingerprint density at radius 2 is 2.07 bits per heavy atom. The first-order valence-corrected chi connectivity index (χ1v) is 5.05. The average Bonchev–Trinajstić information content (AvgIpc) is 2.19. The highest BCUT2D eigenvalue weighted by Gasteiger charge is 2.05. The van der Waals surface area contributed by atoms with E-state index in [9.17, 15) is 9.90 Å². The summed E-state index contributed by atoms with van der Waals surface area (Å²) >= 11 is 0. The van der Waals surface area contributed by atoms with E-state index in [0.717, 1.165) is 11.1 Å². The van der Waals surface area contributed by atoms with Crippen molar-refractivity contribution in [2.45, 2.75) is 27.2 Å². The number of carbonyl (C=O) groups excluding carboxylic acids is 1. The third-order valence-corrected chi connectivity index (χ3v) is 2.12. The number of hydrogen-bond donors (Lipinski definition) is 1. The van der Waals surface area contributed by atoms with Gasteiger partial charge in [0.05, 0.1) is 0 Å². The summed E-state index contributed by atoms with van der Waals surface area (Å²) in [6.07, 6.45) is 2.34. The Bertz CT molecular complexity index is 399. The second kappa shape index (κ2) is 4.78. The third kappa shape index (κ3) is 2.94. The average molecular weight is 204 g/mol. The number of phenolic OH excluding ortho intramolecular Hbond substituents is 1. The molecule has 0 fully saturated rings. The summed E-state index contributed by atoms with van der Waals surface area (Å²) in [5, 5.41) is 9.69. The first-order chi connectivity index (χ1) is 7.04. The predicted octanol–water partition coefficient (Wildman–Crippen LogP) is 3.41. The lowest BCUT2D eigenvalue weighted by Crippen LogP contribution is -1.96. The van der Waals surface area contributed by atoms with Gasteiger partial charge in [-0.05, 0) is 19.9 Å². The monoisotopic (exact) mass is 204 g/mol. The molecule has 1 N–H and O–H groups in total. The molecule has 80 valence electrons. The summed E-state index contributed by atoms with van der Waals surface area (Å²) in [4.78, 5) is 11.4. The Morgan fingerprint density at radius 3 is 2.53 bits per heavy atom. The highest BCUT2D eigenvalue weighted by molar-refractivity contribution is 5.96. The van der Waals surface area contributed by atoms with Crippen LogP contribution in [0.15, 0.2) is 23.8 Å². The zero-order valence-electron chi connectivity index (χ0n) is 9.37. The molecule has 0 saturated carbocycles. The van der Waals surface area contributed by atoms with E-state index in [1.54, 1.807) is 12.1 Å². The van der Waals surface area contributed by atoms with Gasteiger partial charge in [-0.2, -0.15) is 0 Å². The van der Waals surface area contributed by atoms with Gasteiger partial charge in [0, 0.05) is 17.5 Å². The van der Waals surface area contributed by atoms with E-state index < -0.39 is 0 Å². The van der Waals surface area contributed by atoms with E-state index in [1.807, 2.05) is 26.8 Å². The van der Waals surface area contributed by atoms with Crippen LogP contribution in [-0.2, 0) is 0 Å². The van der Waals surface area contributed by atoms with Gasteiger partial charge in [0.1, 0.15) is 5.75 Å². The zero-order chi connectivity index (χ0) is 11.4. The van der Waals surface area contributed by atoms with Crippen molar-refractivity contribution in [2.75, 3.05) is 0 Å². The minimum Gasteiger partial charge on any atom is -0.507 e. The van der Waals surface area contributed by atoms with Crippen molar-refractivity contribution in [3.63, 3.8) is 0 Å². The Balaban J connectivity index is 3.09. The number of aromatic hydroxyl groups is 1. The van der Waals surface area contributed by atoms with Crippen molar-refractivity contribution in [1.29, 1.82) is 0 Å². The van der Waals surface area contributed by atoms with E-state index >= 15 is 0 Å².